The summed E-state index contributed by atoms with van der Waals surface area (Å²) >= 11 is 3.89. The molecule has 51 heavy (non-hydrogen) atoms. The second-order valence-corrected chi connectivity index (χ2v) is 17.2. The highest BCUT2D eigenvalue weighted by atomic mass is 32.1. The van der Waals surface area contributed by atoms with E-state index in [0.29, 0.717) is 0 Å². The van der Waals surface area contributed by atoms with E-state index >= 15 is 0 Å². The third-order valence-corrected chi connectivity index (χ3v) is 14.8. The fourth-order valence-corrected chi connectivity index (χ4v) is 12.5. The molecular formula is C48H35NS2. The molecule has 0 bridgehead atoms. The van der Waals surface area contributed by atoms with Crippen molar-refractivity contribution in [3.63, 3.8) is 0 Å². The number of hydrogen-bond acceptors (Lipinski definition) is 2. The summed E-state index contributed by atoms with van der Waals surface area (Å²) in [4.78, 5) is 1.43. The van der Waals surface area contributed by atoms with Gasteiger partial charge >= 0.3 is 0 Å². The van der Waals surface area contributed by atoms with Gasteiger partial charge in [-0.2, -0.15) is 0 Å². The third-order valence-electron chi connectivity index (χ3n) is 12.5. The van der Waals surface area contributed by atoms with E-state index in [1.165, 1.54) is 123 Å². The first-order chi connectivity index (χ1) is 25.2. The molecule has 9 aromatic rings. The lowest BCUT2D eigenvalue weighted by molar-refractivity contribution is 0.353. The lowest BCUT2D eigenvalue weighted by atomic mass is 9.68. The summed E-state index contributed by atoms with van der Waals surface area (Å²) in [7, 11) is 0. The van der Waals surface area contributed by atoms with Crippen molar-refractivity contribution in [2.75, 3.05) is 0 Å². The summed E-state index contributed by atoms with van der Waals surface area (Å²) in [6.07, 6.45) is 13.5. The molecule has 0 N–H and O–H groups in total. The summed E-state index contributed by atoms with van der Waals surface area (Å²) in [6, 6.07) is 44.7. The zero-order chi connectivity index (χ0) is 33.3. The van der Waals surface area contributed by atoms with Gasteiger partial charge in [-0.25, -0.2) is 0 Å². The van der Waals surface area contributed by atoms with E-state index in [4.69, 9.17) is 0 Å². The van der Waals surface area contributed by atoms with Crippen molar-refractivity contribution in [1.29, 1.82) is 0 Å². The van der Waals surface area contributed by atoms with Gasteiger partial charge in [0.15, 0.2) is 0 Å². The first-order valence-electron chi connectivity index (χ1n) is 18.6. The number of fused-ring (bicyclic) bond motifs is 14. The van der Waals surface area contributed by atoms with Gasteiger partial charge in [0, 0.05) is 51.6 Å². The molecule has 0 amide bonds. The summed E-state index contributed by atoms with van der Waals surface area (Å²) in [5.41, 5.74) is 14.1. The van der Waals surface area contributed by atoms with Gasteiger partial charge in [-0.1, -0.05) is 92.1 Å². The van der Waals surface area contributed by atoms with Gasteiger partial charge in [0.2, 0.25) is 0 Å². The molecule has 0 saturated heterocycles. The Morgan fingerprint density at radius 2 is 1.33 bits per heavy atom. The Bertz CT molecular complexity index is 2960. The first-order valence-corrected chi connectivity index (χ1v) is 20.2. The maximum absolute atomic E-state index is 2.59. The van der Waals surface area contributed by atoms with Crippen LogP contribution in [0.5, 0.6) is 0 Å². The van der Waals surface area contributed by atoms with Crippen LogP contribution in [-0.4, -0.2) is 4.57 Å². The van der Waals surface area contributed by atoms with Crippen molar-refractivity contribution in [3.05, 3.63) is 143 Å². The Kier molecular flexibility index (Phi) is 5.93. The largest absolute Gasteiger partial charge is 0.309 e. The van der Waals surface area contributed by atoms with Crippen LogP contribution in [-0.2, 0) is 11.8 Å². The molecule has 3 aliphatic rings. The van der Waals surface area contributed by atoms with Crippen LogP contribution >= 0.6 is 22.7 Å². The van der Waals surface area contributed by atoms with Crippen LogP contribution in [0.3, 0.4) is 0 Å². The highest BCUT2D eigenvalue weighted by Crippen LogP contribution is 2.57. The highest BCUT2D eigenvalue weighted by Gasteiger charge is 2.43. The van der Waals surface area contributed by atoms with Crippen molar-refractivity contribution in [2.24, 2.45) is 0 Å². The first kappa shape index (κ1) is 28.7. The van der Waals surface area contributed by atoms with E-state index < -0.39 is 0 Å². The molecule has 1 fully saturated rings. The molecule has 3 aliphatic carbocycles. The van der Waals surface area contributed by atoms with Crippen LogP contribution in [0.4, 0.5) is 0 Å². The van der Waals surface area contributed by atoms with Crippen LogP contribution in [0.25, 0.3) is 86.1 Å². The monoisotopic (exact) mass is 689 g/mol. The minimum atomic E-state index is 0.185. The van der Waals surface area contributed by atoms with Crippen molar-refractivity contribution in [1.82, 2.24) is 4.57 Å². The molecule has 0 unspecified atom stereocenters. The van der Waals surface area contributed by atoms with Gasteiger partial charge in [0.1, 0.15) is 0 Å². The number of nitrogens with zero attached hydrogens (tertiary/aromatic N) is 1. The van der Waals surface area contributed by atoms with Crippen molar-refractivity contribution >= 4 is 80.8 Å². The number of thiophene rings is 2. The average molecular weight is 690 g/mol. The topological polar surface area (TPSA) is 4.93 Å². The molecule has 244 valence electrons. The molecule has 1 spiro atoms. The van der Waals surface area contributed by atoms with Crippen LogP contribution in [0, 0.1) is 0 Å². The number of benzene rings is 6. The second-order valence-electron chi connectivity index (χ2n) is 15.0. The summed E-state index contributed by atoms with van der Waals surface area (Å²) < 4.78 is 6.66. The molecule has 6 aromatic carbocycles. The van der Waals surface area contributed by atoms with Crippen molar-refractivity contribution < 1.29 is 0 Å². The number of para-hydroxylation sites is 1. The lowest BCUT2D eigenvalue weighted by Crippen LogP contribution is -2.27. The molecule has 0 aliphatic heterocycles. The van der Waals surface area contributed by atoms with Crippen molar-refractivity contribution in [3.8, 4) is 27.9 Å². The fourth-order valence-electron chi connectivity index (χ4n) is 10.1. The predicted octanol–water partition coefficient (Wildman–Crippen LogP) is 14.2. The quantitative estimate of drug-likeness (QED) is 0.170. The fraction of sp³-hybridized carbons (Fsp3) is 0.167. The number of hydrogen-bond donors (Lipinski definition) is 0. The van der Waals surface area contributed by atoms with Crippen LogP contribution in [0.2, 0.25) is 0 Å². The Morgan fingerprint density at radius 1 is 0.529 bits per heavy atom. The number of aryl methyl sites for hydroxylation is 1. The molecule has 1 nitrogen and oxygen atoms in total. The Hall–Kier alpha value is -4.96. The normalized spacial score (nSPS) is 16.2. The van der Waals surface area contributed by atoms with E-state index in [0.717, 1.165) is 12.8 Å². The molecule has 3 heteroatoms. The molecule has 0 radical (unpaired) electrons. The van der Waals surface area contributed by atoms with E-state index in [9.17, 15) is 0 Å². The van der Waals surface area contributed by atoms with Crippen LogP contribution in [0.1, 0.15) is 60.1 Å². The Labute approximate surface area is 305 Å². The predicted molar refractivity (Wildman–Crippen MR) is 221 cm³/mol. The molecule has 12 rings (SSSR count). The summed E-state index contributed by atoms with van der Waals surface area (Å²) in [5, 5.41) is 6.84. The molecule has 0 atom stereocenters. The standard InChI is InChI=1S/C48H35NS2/c1-8-22-48(23-9-1)40-13-5-2-10-32(40)37-28-47-39(27-41(37)48)36-20-17-30(25-46(36)51-47)29-16-19-34-33-11-3-6-14-42(33)49(43(34)24-29)31-18-21-45-38(26-31)35-12-4-7-15-44(35)50-45/h2-3,5-7,10-11,13-21,24-28H,1,4,8-9,12,22-23H2. The van der Waals surface area contributed by atoms with Crippen molar-refractivity contribution in [2.45, 2.75) is 50.4 Å². The molecule has 3 heterocycles. The van der Waals surface area contributed by atoms with E-state index in [2.05, 4.69) is 132 Å². The van der Waals surface area contributed by atoms with Gasteiger partial charge in [0.05, 0.1) is 11.0 Å². The van der Waals surface area contributed by atoms with E-state index in [1.54, 1.807) is 11.1 Å². The SMILES string of the molecule is C1=Cc2sc3ccc(-n4c5ccccc5c5ccc(-c6ccc7c(c6)sc6cc8c(cc67)C6(CCCCC6)c6ccccc6-8)cc54)cc3c2CC1. The second kappa shape index (κ2) is 10.5. The van der Waals surface area contributed by atoms with Gasteiger partial charge in [-0.15, -0.1) is 22.7 Å². The Morgan fingerprint density at radius 3 is 2.27 bits per heavy atom. The average Bonchev–Trinajstić information content (AvgIpc) is 3.91. The van der Waals surface area contributed by atoms with Gasteiger partial charge in [-0.3, -0.25) is 0 Å². The van der Waals surface area contributed by atoms with Gasteiger partial charge < -0.3 is 4.57 Å². The molecule has 1 saturated carbocycles. The minimum Gasteiger partial charge on any atom is -0.309 e. The van der Waals surface area contributed by atoms with E-state index in [-0.39, 0.29) is 5.41 Å². The summed E-state index contributed by atoms with van der Waals surface area (Å²) in [6.45, 7) is 0. The number of allylic oxidation sites excluding steroid dienone is 1. The Balaban J connectivity index is 1.02. The van der Waals surface area contributed by atoms with Crippen LogP contribution < -0.4 is 0 Å². The summed E-state index contributed by atoms with van der Waals surface area (Å²) in [5.74, 6) is 0. The smallest absolute Gasteiger partial charge is 0.0547 e. The molecular weight excluding hydrogens is 655 g/mol. The zero-order valence-corrected chi connectivity index (χ0v) is 30.0. The highest BCUT2D eigenvalue weighted by molar-refractivity contribution is 7.25. The number of rotatable bonds is 2. The lowest BCUT2D eigenvalue weighted by Gasteiger charge is -2.36. The van der Waals surface area contributed by atoms with E-state index in [1.807, 2.05) is 22.7 Å². The van der Waals surface area contributed by atoms with Crippen LogP contribution in [0.15, 0.2) is 121 Å². The third kappa shape index (κ3) is 3.97. The van der Waals surface area contributed by atoms with Gasteiger partial charge in [-0.05, 0) is 125 Å². The maximum Gasteiger partial charge on any atom is 0.0547 e. The molecule has 3 aromatic heterocycles. The zero-order valence-electron chi connectivity index (χ0n) is 28.3. The minimum absolute atomic E-state index is 0.185. The number of aromatic nitrogens is 1. The maximum atomic E-state index is 2.59. The van der Waals surface area contributed by atoms with Gasteiger partial charge in [0.25, 0.3) is 0 Å².